The second-order valence-electron chi connectivity index (χ2n) is 7.82. The molecule has 2 aliphatic rings. The number of carbonyl (C=O) groups excluding carboxylic acids is 1. The van der Waals surface area contributed by atoms with Crippen molar-refractivity contribution in [3.63, 3.8) is 0 Å². The van der Waals surface area contributed by atoms with Gasteiger partial charge in [0.1, 0.15) is 23.2 Å². The Labute approximate surface area is 146 Å². The summed E-state index contributed by atoms with van der Waals surface area (Å²) in [6.07, 6.45) is 5.68. The summed E-state index contributed by atoms with van der Waals surface area (Å²) in [5, 5.41) is 10.3. The van der Waals surface area contributed by atoms with E-state index < -0.39 is 5.41 Å². The Bertz CT molecular complexity index is 860. The third kappa shape index (κ3) is 2.72. The molecule has 4 rings (SSSR count). The van der Waals surface area contributed by atoms with Crippen molar-refractivity contribution in [3.05, 3.63) is 18.6 Å². The first-order valence-electron chi connectivity index (χ1n) is 8.68. The second kappa shape index (κ2) is 5.45. The van der Waals surface area contributed by atoms with E-state index in [1.807, 2.05) is 17.2 Å². The lowest BCUT2D eigenvalue weighted by Gasteiger charge is -2.28. The Morgan fingerprint density at radius 2 is 2.12 bits per heavy atom. The molecule has 1 aliphatic carbocycles. The van der Waals surface area contributed by atoms with Crippen molar-refractivity contribution in [1.29, 1.82) is 5.26 Å². The molecule has 1 aliphatic heterocycles. The summed E-state index contributed by atoms with van der Waals surface area (Å²) in [6, 6.07) is 4.14. The highest BCUT2D eigenvalue weighted by Gasteiger charge is 2.49. The number of hydrogen-bond acceptors (Lipinski definition) is 5. The van der Waals surface area contributed by atoms with E-state index in [2.05, 4.69) is 25.9 Å². The van der Waals surface area contributed by atoms with Crippen molar-refractivity contribution < 1.29 is 4.79 Å². The molecule has 25 heavy (non-hydrogen) atoms. The largest absolute Gasteiger partial charge is 0.354 e. The molecule has 3 heterocycles. The lowest BCUT2D eigenvalue weighted by molar-refractivity contribution is -0.138. The summed E-state index contributed by atoms with van der Waals surface area (Å²) >= 11 is 0. The first kappa shape index (κ1) is 15.9. The van der Waals surface area contributed by atoms with Gasteiger partial charge in [-0.25, -0.2) is 9.97 Å². The number of nitrogens with one attached hydrogen (secondary N) is 1. The van der Waals surface area contributed by atoms with Crippen molar-refractivity contribution in [2.24, 2.45) is 10.8 Å². The normalized spacial score (nSPS) is 19.7. The van der Waals surface area contributed by atoms with Gasteiger partial charge in [-0.05, 0) is 32.8 Å². The molecule has 7 nitrogen and oxygen atoms in total. The minimum absolute atomic E-state index is 0.0717. The SMILES string of the molecule is CC(C)(C#N)C(=O)N1CCN(c2ncnc3[nH]ccc23)CC2(CC2)C1. The highest BCUT2D eigenvalue weighted by atomic mass is 16.2. The third-order valence-corrected chi connectivity index (χ3v) is 5.38. The molecule has 1 amide bonds. The van der Waals surface area contributed by atoms with Crippen LogP contribution in [0.15, 0.2) is 18.6 Å². The molecule has 1 saturated heterocycles. The van der Waals surface area contributed by atoms with Crippen LogP contribution in [0.1, 0.15) is 26.7 Å². The summed E-state index contributed by atoms with van der Waals surface area (Å²) in [4.78, 5) is 28.8. The van der Waals surface area contributed by atoms with Gasteiger partial charge in [-0.3, -0.25) is 4.79 Å². The zero-order chi connectivity index (χ0) is 17.7. The second-order valence-corrected chi connectivity index (χ2v) is 7.82. The Balaban J connectivity index is 1.63. The van der Waals surface area contributed by atoms with Crippen LogP contribution in [0.5, 0.6) is 0 Å². The minimum atomic E-state index is -0.978. The van der Waals surface area contributed by atoms with Crippen LogP contribution < -0.4 is 4.90 Å². The van der Waals surface area contributed by atoms with Gasteiger partial charge in [-0.2, -0.15) is 5.26 Å². The van der Waals surface area contributed by atoms with E-state index in [4.69, 9.17) is 0 Å². The highest BCUT2D eigenvalue weighted by molar-refractivity contribution is 5.87. The summed E-state index contributed by atoms with van der Waals surface area (Å²) in [7, 11) is 0. The van der Waals surface area contributed by atoms with E-state index in [0.29, 0.717) is 13.1 Å². The highest BCUT2D eigenvalue weighted by Crippen LogP contribution is 2.49. The monoisotopic (exact) mass is 338 g/mol. The van der Waals surface area contributed by atoms with Crippen LogP contribution in [0.4, 0.5) is 5.82 Å². The molecule has 0 radical (unpaired) electrons. The van der Waals surface area contributed by atoms with E-state index in [9.17, 15) is 10.1 Å². The fraction of sp³-hybridized carbons (Fsp3) is 0.556. The molecule has 0 unspecified atom stereocenters. The predicted octanol–water partition coefficient (Wildman–Crippen LogP) is 1.94. The fourth-order valence-electron chi connectivity index (χ4n) is 3.66. The van der Waals surface area contributed by atoms with Gasteiger partial charge in [0.25, 0.3) is 0 Å². The van der Waals surface area contributed by atoms with E-state index >= 15 is 0 Å². The average molecular weight is 338 g/mol. The Morgan fingerprint density at radius 3 is 2.84 bits per heavy atom. The quantitative estimate of drug-likeness (QED) is 0.904. The maximum atomic E-state index is 12.8. The lowest BCUT2D eigenvalue weighted by Crippen LogP contribution is -2.43. The molecule has 1 N–H and O–H groups in total. The number of carbonyl (C=O) groups is 1. The lowest BCUT2D eigenvalue weighted by atomic mass is 9.93. The van der Waals surface area contributed by atoms with Crippen molar-refractivity contribution in [2.75, 3.05) is 31.1 Å². The van der Waals surface area contributed by atoms with Gasteiger partial charge < -0.3 is 14.8 Å². The maximum absolute atomic E-state index is 12.8. The Hall–Kier alpha value is -2.62. The van der Waals surface area contributed by atoms with E-state index in [0.717, 1.165) is 42.8 Å². The fourth-order valence-corrected chi connectivity index (χ4v) is 3.66. The smallest absolute Gasteiger partial charge is 0.242 e. The standard InChI is InChI=1S/C18H22N6O/c1-17(2,9-19)16(25)24-8-7-23(10-18(11-24)4-5-18)15-13-3-6-20-14(13)21-12-22-15/h3,6,12H,4-5,7-8,10-11H2,1-2H3,(H,20,21,22). The van der Waals surface area contributed by atoms with Crippen molar-refractivity contribution in [1.82, 2.24) is 19.9 Å². The van der Waals surface area contributed by atoms with Crippen LogP contribution in [0.25, 0.3) is 11.0 Å². The average Bonchev–Trinajstić information content (AvgIpc) is 3.25. The molecule has 0 atom stereocenters. The molecule has 0 aromatic carbocycles. The Kier molecular flexibility index (Phi) is 3.46. The van der Waals surface area contributed by atoms with E-state index in [-0.39, 0.29) is 11.3 Å². The number of hydrogen-bond donors (Lipinski definition) is 1. The van der Waals surface area contributed by atoms with Gasteiger partial charge in [-0.15, -0.1) is 0 Å². The van der Waals surface area contributed by atoms with E-state index in [1.165, 1.54) is 0 Å². The molecule has 0 bridgehead atoms. The zero-order valence-electron chi connectivity index (χ0n) is 14.6. The van der Waals surface area contributed by atoms with Gasteiger partial charge in [0.05, 0.1) is 11.5 Å². The number of amides is 1. The van der Waals surface area contributed by atoms with Gasteiger partial charge >= 0.3 is 0 Å². The summed E-state index contributed by atoms with van der Waals surface area (Å²) in [5.74, 6) is 0.851. The molecular formula is C18H22N6O. The topological polar surface area (TPSA) is 88.9 Å². The van der Waals surface area contributed by atoms with Gasteiger partial charge in [0.2, 0.25) is 5.91 Å². The number of nitriles is 1. The number of rotatable bonds is 2. The van der Waals surface area contributed by atoms with Gasteiger partial charge in [0.15, 0.2) is 0 Å². The molecule has 2 aromatic heterocycles. The van der Waals surface area contributed by atoms with Crippen LogP contribution in [0.2, 0.25) is 0 Å². The number of anilines is 1. The van der Waals surface area contributed by atoms with Crippen molar-refractivity contribution in [2.45, 2.75) is 26.7 Å². The summed E-state index contributed by atoms with van der Waals surface area (Å²) in [6.45, 7) is 6.35. The van der Waals surface area contributed by atoms with Crippen LogP contribution in [-0.2, 0) is 4.79 Å². The predicted molar refractivity (Wildman–Crippen MR) is 93.7 cm³/mol. The molecule has 1 spiro atoms. The van der Waals surface area contributed by atoms with Crippen LogP contribution in [0.3, 0.4) is 0 Å². The molecule has 1 saturated carbocycles. The van der Waals surface area contributed by atoms with Crippen molar-refractivity contribution >= 4 is 22.8 Å². The van der Waals surface area contributed by atoms with Crippen LogP contribution in [-0.4, -0.2) is 51.9 Å². The third-order valence-electron chi connectivity index (χ3n) is 5.38. The first-order chi connectivity index (χ1) is 11.9. The number of aromatic amines is 1. The molecule has 7 heteroatoms. The number of nitrogens with zero attached hydrogens (tertiary/aromatic N) is 5. The van der Waals surface area contributed by atoms with Crippen molar-refractivity contribution in [3.8, 4) is 6.07 Å². The molecule has 130 valence electrons. The van der Waals surface area contributed by atoms with Crippen LogP contribution in [0, 0.1) is 22.2 Å². The number of aromatic nitrogens is 3. The maximum Gasteiger partial charge on any atom is 0.242 e. The summed E-state index contributed by atoms with van der Waals surface area (Å²) in [5.41, 5.74) is -0.0167. The zero-order valence-corrected chi connectivity index (χ0v) is 14.6. The molecule has 2 fully saturated rings. The molecular weight excluding hydrogens is 316 g/mol. The first-order valence-corrected chi connectivity index (χ1v) is 8.68. The van der Waals surface area contributed by atoms with Crippen LogP contribution >= 0.6 is 0 Å². The summed E-state index contributed by atoms with van der Waals surface area (Å²) < 4.78 is 0. The minimum Gasteiger partial charge on any atom is -0.354 e. The molecule has 2 aromatic rings. The van der Waals surface area contributed by atoms with E-state index in [1.54, 1.807) is 20.2 Å². The van der Waals surface area contributed by atoms with Gasteiger partial charge in [-0.1, -0.05) is 0 Å². The van der Waals surface area contributed by atoms with Gasteiger partial charge in [0, 0.05) is 37.8 Å². The number of fused-ring (bicyclic) bond motifs is 1. The Morgan fingerprint density at radius 1 is 1.32 bits per heavy atom. The number of H-pyrrole nitrogens is 1.